The highest BCUT2D eigenvalue weighted by atomic mass is 15.3. The first-order valence-corrected chi connectivity index (χ1v) is 10.3. The highest BCUT2D eigenvalue weighted by Gasteiger charge is 2.22. The summed E-state index contributed by atoms with van der Waals surface area (Å²) in [5.74, 6) is 1.16. The van der Waals surface area contributed by atoms with Crippen molar-refractivity contribution in [3.05, 3.63) is 77.9 Å². The molecule has 3 nitrogen and oxygen atoms in total. The van der Waals surface area contributed by atoms with E-state index in [9.17, 15) is 0 Å². The SMILES string of the molecule is CCc1ccc(-n2nc(-c3cccc4ccccc34)c3c2NCCCC3)cc1. The predicted octanol–water partition coefficient (Wildman–Crippen LogP) is 6.00. The average molecular weight is 367 g/mol. The molecule has 140 valence electrons. The van der Waals surface area contributed by atoms with Crippen LogP contribution in [0.25, 0.3) is 27.7 Å². The lowest BCUT2D eigenvalue weighted by Gasteiger charge is -2.09. The molecule has 0 fully saturated rings. The Hall–Kier alpha value is -3.07. The second kappa shape index (κ2) is 7.16. The van der Waals surface area contributed by atoms with Gasteiger partial charge >= 0.3 is 0 Å². The van der Waals surface area contributed by atoms with Crippen LogP contribution in [0.1, 0.15) is 30.9 Å². The highest BCUT2D eigenvalue weighted by Crippen LogP contribution is 2.37. The standard InChI is InChI=1S/C25H25N3/c1-2-18-13-15-20(16-14-18)28-25-23(11-5-6-17-26-25)24(27-28)22-12-7-9-19-8-3-4-10-21(19)22/h3-4,7-10,12-16,26H,2,5-6,11,17H2,1H3. The van der Waals surface area contributed by atoms with Gasteiger partial charge in [-0.3, -0.25) is 0 Å². The molecule has 0 saturated heterocycles. The molecule has 0 radical (unpaired) electrons. The number of anilines is 1. The first-order valence-electron chi connectivity index (χ1n) is 10.3. The van der Waals surface area contributed by atoms with Crippen molar-refractivity contribution in [2.24, 2.45) is 0 Å². The number of aromatic nitrogens is 2. The van der Waals surface area contributed by atoms with Gasteiger partial charge in [0.15, 0.2) is 0 Å². The summed E-state index contributed by atoms with van der Waals surface area (Å²) in [7, 11) is 0. The van der Waals surface area contributed by atoms with E-state index in [1.165, 1.54) is 40.3 Å². The zero-order valence-corrected chi connectivity index (χ0v) is 16.3. The zero-order chi connectivity index (χ0) is 18.9. The van der Waals surface area contributed by atoms with Gasteiger partial charge in [0.2, 0.25) is 0 Å². The number of fused-ring (bicyclic) bond motifs is 2. The van der Waals surface area contributed by atoms with Crippen molar-refractivity contribution in [2.75, 3.05) is 11.9 Å². The van der Waals surface area contributed by atoms with Crippen molar-refractivity contribution < 1.29 is 0 Å². The number of rotatable bonds is 3. The van der Waals surface area contributed by atoms with Crippen LogP contribution in [-0.2, 0) is 12.8 Å². The van der Waals surface area contributed by atoms with Gasteiger partial charge in [-0.25, -0.2) is 4.68 Å². The molecular weight excluding hydrogens is 342 g/mol. The van der Waals surface area contributed by atoms with Crippen LogP contribution < -0.4 is 5.32 Å². The van der Waals surface area contributed by atoms with Crippen LogP contribution in [0.5, 0.6) is 0 Å². The Labute approximate surface area is 166 Å². The van der Waals surface area contributed by atoms with Crippen molar-refractivity contribution in [3.8, 4) is 16.9 Å². The Bertz CT molecular complexity index is 1120. The average Bonchev–Trinajstić information content (AvgIpc) is 2.94. The maximum Gasteiger partial charge on any atom is 0.133 e. The monoisotopic (exact) mass is 367 g/mol. The minimum Gasteiger partial charge on any atom is -0.370 e. The molecule has 0 amide bonds. The Morgan fingerprint density at radius 1 is 0.929 bits per heavy atom. The van der Waals surface area contributed by atoms with E-state index >= 15 is 0 Å². The summed E-state index contributed by atoms with van der Waals surface area (Å²) in [6.45, 7) is 3.19. The van der Waals surface area contributed by atoms with E-state index in [4.69, 9.17) is 5.10 Å². The maximum atomic E-state index is 5.13. The van der Waals surface area contributed by atoms with Crippen LogP contribution in [0.15, 0.2) is 66.7 Å². The zero-order valence-electron chi connectivity index (χ0n) is 16.3. The van der Waals surface area contributed by atoms with Crippen LogP contribution in [0, 0.1) is 0 Å². The Kier molecular flexibility index (Phi) is 4.36. The molecule has 3 aromatic carbocycles. The smallest absolute Gasteiger partial charge is 0.133 e. The third-order valence-electron chi connectivity index (χ3n) is 5.76. The van der Waals surface area contributed by atoms with Crippen LogP contribution >= 0.6 is 0 Å². The van der Waals surface area contributed by atoms with Gasteiger partial charge < -0.3 is 5.32 Å². The number of benzene rings is 3. The number of hydrogen-bond acceptors (Lipinski definition) is 2. The Balaban J connectivity index is 1.73. The molecule has 0 bridgehead atoms. The predicted molar refractivity (Wildman–Crippen MR) is 117 cm³/mol. The minimum atomic E-state index is 1.00. The lowest BCUT2D eigenvalue weighted by atomic mass is 9.98. The molecular formula is C25H25N3. The number of nitrogens with zero attached hydrogens (tertiary/aromatic N) is 2. The summed E-state index contributed by atoms with van der Waals surface area (Å²) in [6, 6.07) is 23.9. The van der Waals surface area contributed by atoms with Gasteiger partial charge in [-0.15, -0.1) is 0 Å². The maximum absolute atomic E-state index is 5.13. The molecule has 0 aliphatic carbocycles. The summed E-state index contributed by atoms with van der Waals surface area (Å²) in [5.41, 5.74) is 6.15. The van der Waals surface area contributed by atoms with Crippen LogP contribution in [-0.4, -0.2) is 16.3 Å². The van der Waals surface area contributed by atoms with E-state index in [0.29, 0.717) is 0 Å². The topological polar surface area (TPSA) is 29.9 Å². The van der Waals surface area contributed by atoms with Gasteiger partial charge in [0.05, 0.1) is 11.4 Å². The highest BCUT2D eigenvalue weighted by molar-refractivity contribution is 5.97. The summed E-state index contributed by atoms with van der Waals surface area (Å²) >= 11 is 0. The number of hydrogen-bond donors (Lipinski definition) is 1. The molecule has 5 rings (SSSR count). The van der Waals surface area contributed by atoms with Gasteiger partial charge in [0, 0.05) is 17.7 Å². The van der Waals surface area contributed by atoms with Crippen molar-refractivity contribution in [1.29, 1.82) is 0 Å². The molecule has 28 heavy (non-hydrogen) atoms. The molecule has 0 spiro atoms. The lowest BCUT2D eigenvalue weighted by Crippen LogP contribution is -2.07. The minimum absolute atomic E-state index is 1.00. The van der Waals surface area contributed by atoms with Crippen molar-refractivity contribution in [3.63, 3.8) is 0 Å². The molecule has 1 aromatic heterocycles. The van der Waals surface area contributed by atoms with Gasteiger partial charge in [-0.1, -0.05) is 61.5 Å². The van der Waals surface area contributed by atoms with Crippen molar-refractivity contribution in [2.45, 2.75) is 32.6 Å². The second-order valence-corrected chi connectivity index (χ2v) is 7.52. The molecule has 4 aromatic rings. The molecule has 0 saturated carbocycles. The van der Waals surface area contributed by atoms with Crippen LogP contribution in [0.4, 0.5) is 5.82 Å². The van der Waals surface area contributed by atoms with E-state index < -0.39 is 0 Å². The summed E-state index contributed by atoms with van der Waals surface area (Å²) in [6.07, 6.45) is 4.50. The molecule has 0 atom stereocenters. The first kappa shape index (κ1) is 17.1. The van der Waals surface area contributed by atoms with E-state index in [2.05, 4.69) is 83.7 Å². The second-order valence-electron chi connectivity index (χ2n) is 7.52. The van der Waals surface area contributed by atoms with Gasteiger partial charge in [-0.05, 0) is 54.2 Å². The van der Waals surface area contributed by atoms with Crippen LogP contribution in [0.3, 0.4) is 0 Å². The van der Waals surface area contributed by atoms with Crippen molar-refractivity contribution in [1.82, 2.24) is 9.78 Å². The Morgan fingerprint density at radius 3 is 2.61 bits per heavy atom. The normalized spacial score (nSPS) is 13.8. The Morgan fingerprint density at radius 2 is 1.75 bits per heavy atom. The summed E-state index contributed by atoms with van der Waals surface area (Å²) in [5, 5.41) is 11.3. The molecule has 2 heterocycles. The van der Waals surface area contributed by atoms with E-state index in [0.717, 1.165) is 36.6 Å². The van der Waals surface area contributed by atoms with Crippen molar-refractivity contribution >= 4 is 16.6 Å². The molecule has 3 heteroatoms. The van der Waals surface area contributed by atoms with E-state index in [-0.39, 0.29) is 0 Å². The molecule has 0 unspecified atom stereocenters. The third kappa shape index (κ3) is 2.88. The van der Waals surface area contributed by atoms with Crippen LogP contribution in [0.2, 0.25) is 0 Å². The quantitative estimate of drug-likeness (QED) is 0.481. The number of aryl methyl sites for hydroxylation is 1. The number of nitrogens with one attached hydrogen (secondary N) is 1. The third-order valence-corrected chi connectivity index (χ3v) is 5.76. The van der Waals surface area contributed by atoms with Gasteiger partial charge in [-0.2, -0.15) is 5.10 Å². The van der Waals surface area contributed by atoms with Gasteiger partial charge in [0.1, 0.15) is 5.82 Å². The van der Waals surface area contributed by atoms with E-state index in [1.54, 1.807) is 0 Å². The molecule has 1 aliphatic rings. The molecule has 1 N–H and O–H groups in total. The largest absolute Gasteiger partial charge is 0.370 e. The fraction of sp³-hybridized carbons (Fsp3) is 0.240. The summed E-state index contributed by atoms with van der Waals surface area (Å²) < 4.78 is 2.11. The fourth-order valence-corrected chi connectivity index (χ4v) is 4.21. The fourth-order valence-electron chi connectivity index (χ4n) is 4.21. The lowest BCUT2D eigenvalue weighted by molar-refractivity contribution is 0.780. The van der Waals surface area contributed by atoms with E-state index in [1.807, 2.05) is 0 Å². The summed E-state index contributed by atoms with van der Waals surface area (Å²) in [4.78, 5) is 0. The first-order chi connectivity index (χ1) is 13.8. The molecule has 1 aliphatic heterocycles. The van der Waals surface area contributed by atoms with Gasteiger partial charge in [0.25, 0.3) is 0 Å².